The third-order valence-corrected chi connectivity index (χ3v) is 3.87. The SMILES string of the molecule is CN1CCN(c2ccccc2C(C)(C)CO)CC1. The van der Waals surface area contributed by atoms with E-state index in [0.717, 1.165) is 26.2 Å². The van der Waals surface area contributed by atoms with Gasteiger partial charge in [-0.2, -0.15) is 0 Å². The van der Waals surface area contributed by atoms with Crippen molar-refractivity contribution in [3.8, 4) is 0 Å². The number of aliphatic hydroxyl groups is 1. The van der Waals surface area contributed by atoms with E-state index >= 15 is 0 Å². The summed E-state index contributed by atoms with van der Waals surface area (Å²) in [6.45, 7) is 8.72. The fourth-order valence-electron chi connectivity index (χ4n) is 2.45. The van der Waals surface area contributed by atoms with Crippen molar-refractivity contribution in [1.82, 2.24) is 4.90 Å². The maximum absolute atomic E-state index is 9.59. The Labute approximate surface area is 110 Å². The first kappa shape index (κ1) is 13.4. The molecule has 1 fully saturated rings. The van der Waals surface area contributed by atoms with E-state index in [4.69, 9.17) is 0 Å². The van der Waals surface area contributed by atoms with E-state index in [0.29, 0.717) is 0 Å². The third kappa shape index (κ3) is 2.68. The van der Waals surface area contributed by atoms with E-state index in [1.807, 2.05) is 0 Å². The van der Waals surface area contributed by atoms with Crippen LogP contribution in [0.5, 0.6) is 0 Å². The summed E-state index contributed by atoms with van der Waals surface area (Å²) in [7, 11) is 2.17. The van der Waals surface area contributed by atoms with Crippen molar-refractivity contribution in [2.24, 2.45) is 0 Å². The molecule has 0 amide bonds. The lowest BCUT2D eigenvalue weighted by Gasteiger charge is -2.37. The van der Waals surface area contributed by atoms with Gasteiger partial charge in [0.15, 0.2) is 0 Å². The van der Waals surface area contributed by atoms with Crippen LogP contribution in [0.25, 0.3) is 0 Å². The van der Waals surface area contributed by atoms with Crippen molar-refractivity contribution in [3.05, 3.63) is 29.8 Å². The van der Waals surface area contributed by atoms with Gasteiger partial charge in [0.05, 0.1) is 6.61 Å². The average Bonchev–Trinajstić information content (AvgIpc) is 2.40. The quantitative estimate of drug-likeness (QED) is 0.882. The lowest BCUT2D eigenvalue weighted by atomic mass is 9.84. The first-order chi connectivity index (χ1) is 8.54. The predicted molar refractivity (Wildman–Crippen MR) is 76.3 cm³/mol. The van der Waals surface area contributed by atoms with E-state index in [2.05, 4.69) is 55.0 Å². The first-order valence-electron chi connectivity index (χ1n) is 6.68. The summed E-state index contributed by atoms with van der Waals surface area (Å²) in [4.78, 5) is 4.79. The van der Waals surface area contributed by atoms with E-state index < -0.39 is 0 Å². The van der Waals surface area contributed by atoms with Crippen LogP contribution in [0, 0.1) is 0 Å². The van der Waals surface area contributed by atoms with Crippen molar-refractivity contribution in [2.75, 3.05) is 44.7 Å². The van der Waals surface area contributed by atoms with Gasteiger partial charge in [0.1, 0.15) is 0 Å². The molecular formula is C15H24N2O. The summed E-state index contributed by atoms with van der Waals surface area (Å²) in [5.74, 6) is 0. The van der Waals surface area contributed by atoms with Gasteiger partial charge >= 0.3 is 0 Å². The molecule has 0 aliphatic carbocycles. The Kier molecular flexibility index (Phi) is 3.93. The van der Waals surface area contributed by atoms with Crippen molar-refractivity contribution in [2.45, 2.75) is 19.3 Å². The van der Waals surface area contributed by atoms with Crippen LogP contribution in [0.2, 0.25) is 0 Å². The van der Waals surface area contributed by atoms with Crippen LogP contribution in [0.1, 0.15) is 19.4 Å². The molecule has 1 aromatic carbocycles. The highest BCUT2D eigenvalue weighted by Crippen LogP contribution is 2.32. The average molecular weight is 248 g/mol. The summed E-state index contributed by atoms with van der Waals surface area (Å²) >= 11 is 0. The van der Waals surface area contributed by atoms with Gasteiger partial charge in [-0.05, 0) is 18.7 Å². The van der Waals surface area contributed by atoms with Gasteiger partial charge in [-0.25, -0.2) is 0 Å². The molecule has 2 rings (SSSR count). The van der Waals surface area contributed by atoms with Gasteiger partial charge in [-0.15, -0.1) is 0 Å². The van der Waals surface area contributed by atoms with Crippen LogP contribution in [-0.2, 0) is 5.41 Å². The molecule has 100 valence electrons. The highest BCUT2D eigenvalue weighted by molar-refractivity contribution is 5.57. The van der Waals surface area contributed by atoms with Gasteiger partial charge < -0.3 is 14.9 Å². The lowest BCUT2D eigenvalue weighted by molar-refractivity contribution is 0.218. The van der Waals surface area contributed by atoms with Gasteiger partial charge in [-0.1, -0.05) is 32.0 Å². The number of hydrogen-bond acceptors (Lipinski definition) is 3. The molecule has 18 heavy (non-hydrogen) atoms. The van der Waals surface area contributed by atoms with Gasteiger partial charge in [0.25, 0.3) is 0 Å². The smallest absolute Gasteiger partial charge is 0.0523 e. The van der Waals surface area contributed by atoms with Crippen molar-refractivity contribution in [1.29, 1.82) is 0 Å². The van der Waals surface area contributed by atoms with Gasteiger partial charge in [0, 0.05) is 37.3 Å². The molecule has 1 aliphatic rings. The molecule has 1 aliphatic heterocycles. The Morgan fingerprint density at radius 1 is 1.11 bits per heavy atom. The maximum Gasteiger partial charge on any atom is 0.0523 e. The molecular weight excluding hydrogens is 224 g/mol. The standard InChI is InChI=1S/C15H24N2O/c1-15(2,12-18)13-6-4-5-7-14(13)17-10-8-16(3)9-11-17/h4-7,18H,8-12H2,1-3H3. The number of piperazine rings is 1. The fraction of sp³-hybridized carbons (Fsp3) is 0.600. The number of nitrogens with zero attached hydrogens (tertiary/aromatic N) is 2. The molecule has 1 saturated heterocycles. The second kappa shape index (κ2) is 5.29. The number of likely N-dealkylation sites (N-methyl/N-ethyl adjacent to an activating group) is 1. The number of para-hydroxylation sites is 1. The Hall–Kier alpha value is -1.06. The minimum Gasteiger partial charge on any atom is -0.395 e. The summed E-state index contributed by atoms with van der Waals surface area (Å²) in [6, 6.07) is 8.47. The van der Waals surface area contributed by atoms with E-state index in [-0.39, 0.29) is 12.0 Å². The molecule has 3 nitrogen and oxygen atoms in total. The maximum atomic E-state index is 9.59. The number of aliphatic hydroxyl groups excluding tert-OH is 1. The highest BCUT2D eigenvalue weighted by Gasteiger charge is 2.25. The number of anilines is 1. The fourth-order valence-corrected chi connectivity index (χ4v) is 2.45. The monoisotopic (exact) mass is 248 g/mol. The van der Waals surface area contributed by atoms with Crippen LogP contribution in [0.15, 0.2) is 24.3 Å². The lowest BCUT2D eigenvalue weighted by Crippen LogP contribution is -2.45. The third-order valence-electron chi connectivity index (χ3n) is 3.87. The molecule has 0 radical (unpaired) electrons. The molecule has 1 N–H and O–H groups in total. The minimum absolute atomic E-state index is 0.178. The summed E-state index contributed by atoms with van der Waals surface area (Å²) in [5.41, 5.74) is 2.35. The summed E-state index contributed by atoms with van der Waals surface area (Å²) < 4.78 is 0. The van der Waals surface area contributed by atoms with E-state index in [1.54, 1.807) is 0 Å². The normalized spacial score (nSPS) is 18.1. The molecule has 3 heteroatoms. The molecule has 0 bridgehead atoms. The Bertz CT molecular complexity index is 395. The van der Waals surface area contributed by atoms with Crippen LogP contribution >= 0.6 is 0 Å². The summed E-state index contributed by atoms with van der Waals surface area (Å²) in [6.07, 6.45) is 0. The Morgan fingerprint density at radius 2 is 1.72 bits per heavy atom. The Balaban J connectivity index is 2.28. The molecule has 0 spiro atoms. The molecule has 0 atom stereocenters. The van der Waals surface area contributed by atoms with E-state index in [1.165, 1.54) is 11.3 Å². The van der Waals surface area contributed by atoms with Crippen molar-refractivity contribution >= 4 is 5.69 Å². The predicted octanol–water partition coefficient (Wildman–Crippen LogP) is 1.71. The molecule has 1 aromatic rings. The minimum atomic E-state index is -0.181. The zero-order valence-corrected chi connectivity index (χ0v) is 11.7. The zero-order valence-electron chi connectivity index (χ0n) is 11.7. The van der Waals surface area contributed by atoms with Crippen LogP contribution in [-0.4, -0.2) is 49.8 Å². The molecule has 0 aromatic heterocycles. The van der Waals surface area contributed by atoms with E-state index in [9.17, 15) is 5.11 Å². The number of benzene rings is 1. The molecule has 0 saturated carbocycles. The number of hydrogen-bond donors (Lipinski definition) is 1. The van der Waals surface area contributed by atoms with Gasteiger partial charge in [0.2, 0.25) is 0 Å². The highest BCUT2D eigenvalue weighted by atomic mass is 16.3. The topological polar surface area (TPSA) is 26.7 Å². The van der Waals surface area contributed by atoms with Crippen LogP contribution in [0.3, 0.4) is 0 Å². The summed E-state index contributed by atoms with van der Waals surface area (Å²) in [5, 5.41) is 9.59. The Morgan fingerprint density at radius 3 is 2.33 bits per heavy atom. The second-order valence-electron chi connectivity index (χ2n) is 5.85. The molecule has 0 unspecified atom stereocenters. The van der Waals surface area contributed by atoms with Crippen LogP contribution < -0.4 is 4.90 Å². The zero-order chi connectivity index (χ0) is 13.2. The second-order valence-corrected chi connectivity index (χ2v) is 5.85. The number of rotatable bonds is 3. The largest absolute Gasteiger partial charge is 0.395 e. The first-order valence-corrected chi connectivity index (χ1v) is 6.68. The van der Waals surface area contributed by atoms with Gasteiger partial charge in [-0.3, -0.25) is 0 Å². The van der Waals surface area contributed by atoms with Crippen molar-refractivity contribution < 1.29 is 5.11 Å². The van der Waals surface area contributed by atoms with Crippen molar-refractivity contribution in [3.63, 3.8) is 0 Å². The van der Waals surface area contributed by atoms with Crippen LogP contribution in [0.4, 0.5) is 5.69 Å². The molecule has 1 heterocycles.